The molecular formula is C14H7ClF4N2. The number of hydrogen-bond acceptors (Lipinski definition) is 1. The van der Waals surface area contributed by atoms with Crippen molar-refractivity contribution in [3.63, 3.8) is 0 Å². The Morgan fingerprint density at radius 2 is 1.67 bits per heavy atom. The second-order valence-electron chi connectivity index (χ2n) is 4.35. The molecular weight excluding hydrogens is 308 g/mol. The minimum atomic E-state index is -1.57. The lowest BCUT2D eigenvalue weighted by molar-refractivity contribution is 0.446. The van der Waals surface area contributed by atoms with Crippen molar-refractivity contribution in [2.24, 2.45) is 0 Å². The van der Waals surface area contributed by atoms with Crippen molar-refractivity contribution in [2.45, 2.75) is 5.88 Å². The molecule has 0 amide bonds. The summed E-state index contributed by atoms with van der Waals surface area (Å²) >= 11 is 5.77. The van der Waals surface area contributed by atoms with E-state index in [4.69, 9.17) is 11.6 Å². The van der Waals surface area contributed by atoms with Gasteiger partial charge in [-0.3, -0.25) is 4.57 Å². The van der Waals surface area contributed by atoms with E-state index >= 15 is 0 Å². The van der Waals surface area contributed by atoms with Crippen LogP contribution in [0.5, 0.6) is 0 Å². The van der Waals surface area contributed by atoms with Crippen molar-refractivity contribution in [1.82, 2.24) is 9.55 Å². The third-order valence-corrected chi connectivity index (χ3v) is 3.27. The first-order valence-electron chi connectivity index (χ1n) is 5.89. The van der Waals surface area contributed by atoms with Gasteiger partial charge in [-0.05, 0) is 12.1 Å². The standard InChI is InChI=1S/C14H7ClF4N2/c15-6-13-20-11-2-1-7(16)3-12(11)21(13)8-4-9(17)14(19)10(18)5-8/h1-5H,6H2. The molecule has 0 saturated carbocycles. The fourth-order valence-corrected chi connectivity index (χ4v) is 2.33. The summed E-state index contributed by atoms with van der Waals surface area (Å²) in [5, 5.41) is 0. The number of imidazole rings is 1. The third kappa shape index (κ3) is 2.25. The molecule has 2 nitrogen and oxygen atoms in total. The fourth-order valence-electron chi connectivity index (χ4n) is 2.15. The highest BCUT2D eigenvalue weighted by atomic mass is 35.5. The maximum Gasteiger partial charge on any atom is 0.194 e. The summed E-state index contributed by atoms with van der Waals surface area (Å²) in [4.78, 5) is 4.16. The number of halogens is 5. The molecule has 108 valence electrons. The molecule has 0 spiro atoms. The SMILES string of the molecule is Fc1ccc2nc(CCl)n(-c3cc(F)c(F)c(F)c3)c2c1. The van der Waals surface area contributed by atoms with E-state index < -0.39 is 23.3 Å². The molecule has 21 heavy (non-hydrogen) atoms. The number of rotatable bonds is 2. The predicted molar refractivity (Wildman–Crippen MR) is 70.5 cm³/mol. The summed E-state index contributed by atoms with van der Waals surface area (Å²) in [6.45, 7) is 0. The van der Waals surface area contributed by atoms with E-state index in [-0.39, 0.29) is 22.9 Å². The van der Waals surface area contributed by atoms with E-state index in [2.05, 4.69) is 4.98 Å². The van der Waals surface area contributed by atoms with Crippen LogP contribution in [0.25, 0.3) is 16.7 Å². The van der Waals surface area contributed by atoms with E-state index in [0.717, 1.165) is 18.2 Å². The Morgan fingerprint density at radius 3 is 2.29 bits per heavy atom. The van der Waals surface area contributed by atoms with Gasteiger partial charge in [0.05, 0.1) is 22.6 Å². The van der Waals surface area contributed by atoms with Crippen molar-refractivity contribution in [1.29, 1.82) is 0 Å². The van der Waals surface area contributed by atoms with Crippen LogP contribution >= 0.6 is 11.6 Å². The van der Waals surface area contributed by atoms with Crippen LogP contribution in [-0.4, -0.2) is 9.55 Å². The Bertz CT molecular complexity index is 821. The van der Waals surface area contributed by atoms with Crippen molar-refractivity contribution in [2.75, 3.05) is 0 Å². The van der Waals surface area contributed by atoms with Crippen LogP contribution in [0, 0.1) is 23.3 Å². The predicted octanol–water partition coefficient (Wildman–Crippen LogP) is 4.32. The molecule has 1 heterocycles. The van der Waals surface area contributed by atoms with Gasteiger partial charge in [0.1, 0.15) is 11.6 Å². The molecule has 0 atom stereocenters. The lowest BCUT2D eigenvalue weighted by Crippen LogP contribution is -2.02. The second-order valence-corrected chi connectivity index (χ2v) is 4.62. The molecule has 0 saturated heterocycles. The smallest absolute Gasteiger partial charge is 0.194 e. The van der Waals surface area contributed by atoms with E-state index in [1.807, 2.05) is 0 Å². The molecule has 2 aromatic carbocycles. The molecule has 0 aliphatic rings. The highest BCUT2D eigenvalue weighted by Gasteiger charge is 2.17. The highest BCUT2D eigenvalue weighted by molar-refractivity contribution is 6.17. The molecule has 0 unspecified atom stereocenters. The van der Waals surface area contributed by atoms with Gasteiger partial charge in [-0.25, -0.2) is 22.5 Å². The van der Waals surface area contributed by atoms with Crippen molar-refractivity contribution in [3.05, 3.63) is 59.4 Å². The molecule has 3 aromatic rings. The molecule has 0 aliphatic heterocycles. The fraction of sp³-hybridized carbons (Fsp3) is 0.0714. The summed E-state index contributed by atoms with van der Waals surface area (Å²) in [5.74, 6) is -4.58. The van der Waals surface area contributed by atoms with Gasteiger partial charge in [0.15, 0.2) is 17.5 Å². The lowest BCUT2D eigenvalue weighted by Gasteiger charge is -2.09. The normalized spacial score (nSPS) is 11.3. The zero-order valence-corrected chi connectivity index (χ0v) is 11.1. The first-order valence-corrected chi connectivity index (χ1v) is 6.42. The molecule has 0 N–H and O–H groups in total. The minimum Gasteiger partial charge on any atom is -0.295 e. The van der Waals surface area contributed by atoms with Crippen LogP contribution in [0.2, 0.25) is 0 Å². The van der Waals surface area contributed by atoms with Gasteiger partial charge in [-0.2, -0.15) is 0 Å². The van der Waals surface area contributed by atoms with Crippen LogP contribution in [0.1, 0.15) is 5.82 Å². The van der Waals surface area contributed by atoms with Crippen LogP contribution in [0.15, 0.2) is 30.3 Å². The number of nitrogens with zero attached hydrogens (tertiary/aromatic N) is 2. The van der Waals surface area contributed by atoms with Gasteiger partial charge in [-0.1, -0.05) is 0 Å². The van der Waals surface area contributed by atoms with E-state index in [1.165, 1.54) is 16.7 Å². The van der Waals surface area contributed by atoms with Gasteiger partial charge in [0.25, 0.3) is 0 Å². The monoisotopic (exact) mass is 314 g/mol. The molecule has 0 aliphatic carbocycles. The number of benzene rings is 2. The molecule has 3 rings (SSSR count). The van der Waals surface area contributed by atoms with Crippen molar-refractivity contribution >= 4 is 22.6 Å². The minimum absolute atomic E-state index is 0.0184. The van der Waals surface area contributed by atoms with Gasteiger partial charge >= 0.3 is 0 Å². The average Bonchev–Trinajstić information content (AvgIpc) is 2.81. The van der Waals surface area contributed by atoms with Crippen LogP contribution in [0.3, 0.4) is 0 Å². The van der Waals surface area contributed by atoms with Crippen LogP contribution < -0.4 is 0 Å². The highest BCUT2D eigenvalue weighted by Crippen LogP contribution is 2.25. The Labute approximate surface area is 121 Å². The largest absolute Gasteiger partial charge is 0.295 e. The maximum absolute atomic E-state index is 13.4. The van der Waals surface area contributed by atoms with Crippen LogP contribution in [0.4, 0.5) is 17.6 Å². The number of aromatic nitrogens is 2. The zero-order chi connectivity index (χ0) is 15.1. The quantitative estimate of drug-likeness (QED) is 0.391. The first kappa shape index (κ1) is 13.9. The van der Waals surface area contributed by atoms with E-state index in [9.17, 15) is 17.6 Å². The first-order chi connectivity index (χ1) is 10.0. The maximum atomic E-state index is 13.4. The summed E-state index contributed by atoms with van der Waals surface area (Å²) in [6.07, 6.45) is 0. The third-order valence-electron chi connectivity index (χ3n) is 3.03. The van der Waals surface area contributed by atoms with E-state index in [0.29, 0.717) is 5.52 Å². The summed E-state index contributed by atoms with van der Waals surface area (Å²) in [7, 11) is 0. The summed E-state index contributed by atoms with van der Waals surface area (Å²) < 4.78 is 54.5. The van der Waals surface area contributed by atoms with Gasteiger partial charge in [0.2, 0.25) is 0 Å². The molecule has 7 heteroatoms. The molecule has 0 bridgehead atoms. The molecule has 1 aromatic heterocycles. The van der Waals surface area contributed by atoms with E-state index in [1.54, 1.807) is 0 Å². The lowest BCUT2D eigenvalue weighted by atomic mass is 10.2. The Morgan fingerprint density at radius 1 is 1.00 bits per heavy atom. The van der Waals surface area contributed by atoms with Crippen LogP contribution in [-0.2, 0) is 5.88 Å². The van der Waals surface area contributed by atoms with Gasteiger partial charge in [-0.15, -0.1) is 11.6 Å². The average molecular weight is 315 g/mol. The van der Waals surface area contributed by atoms with Gasteiger partial charge < -0.3 is 0 Å². The second kappa shape index (κ2) is 5.04. The van der Waals surface area contributed by atoms with Crippen molar-refractivity contribution < 1.29 is 17.6 Å². The topological polar surface area (TPSA) is 17.8 Å². The Kier molecular flexibility index (Phi) is 3.33. The molecule has 0 fully saturated rings. The number of alkyl halides is 1. The van der Waals surface area contributed by atoms with Gasteiger partial charge in [0, 0.05) is 18.2 Å². The Balaban J connectivity index is 2.35. The Hall–Kier alpha value is -2.08. The molecule has 0 radical (unpaired) electrons. The summed E-state index contributed by atoms with van der Waals surface area (Å²) in [6, 6.07) is 5.41. The summed E-state index contributed by atoms with van der Waals surface area (Å²) in [5.41, 5.74) is 0.684. The van der Waals surface area contributed by atoms with Crippen molar-refractivity contribution in [3.8, 4) is 5.69 Å². The number of hydrogen-bond donors (Lipinski definition) is 0. The zero-order valence-electron chi connectivity index (χ0n) is 10.4. The number of fused-ring (bicyclic) bond motifs is 1.